The third-order valence-corrected chi connectivity index (χ3v) is 2.77. The first-order chi connectivity index (χ1) is 7.10. The van der Waals surface area contributed by atoms with Crippen molar-refractivity contribution in [2.24, 2.45) is 17.4 Å². The Morgan fingerprint density at radius 3 is 2.67 bits per heavy atom. The van der Waals surface area contributed by atoms with Crippen LogP contribution >= 0.6 is 11.6 Å². The third-order valence-electron chi connectivity index (χ3n) is 2.54. The van der Waals surface area contributed by atoms with E-state index in [9.17, 15) is 0 Å². The molecule has 0 aliphatic rings. The van der Waals surface area contributed by atoms with Crippen LogP contribution in [0.2, 0.25) is 5.02 Å². The van der Waals surface area contributed by atoms with Crippen molar-refractivity contribution in [3.63, 3.8) is 0 Å². The summed E-state index contributed by atoms with van der Waals surface area (Å²) in [6, 6.07) is 5.28. The van der Waals surface area contributed by atoms with Crippen LogP contribution in [0.1, 0.15) is 18.5 Å². The number of halogens is 1. The minimum Gasteiger partial charge on any atom is -0.496 e. The van der Waals surface area contributed by atoms with E-state index in [1.165, 1.54) is 0 Å². The Hall–Kier alpha value is -0.770. The lowest BCUT2D eigenvalue weighted by molar-refractivity contribution is 0.393. The minimum absolute atomic E-state index is 0.149. The summed E-state index contributed by atoms with van der Waals surface area (Å²) in [5, 5.41) is 0.658. The van der Waals surface area contributed by atoms with Crippen LogP contribution < -0.4 is 16.2 Å². The molecule has 0 radical (unpaired) electrons. The molecule has 0 aliphatic heterocycles. The molecular formula is C11H17ClN2O. The van der Waals surface area contributed by atoms with Gasteiger partial charge >= 0.3 is 0 Å². The molecule has 3 nitrogen and oxygen atoms in total. The van der Waals surface area contributed by atoms with Gasteiger partial charge in [0.25, 0.3) is 0 Å². The van der Waals surface area contributed by atoms with Crippen molar-refractivity contribution in [2.75, 3.05) is 13.7 Å². The summed E-state index contributed by atoms with van der Waals surface area (Å²) in [5.74, 6) is 0.949. The average Bonchev–Trinajstić information content (AvgIpc) is 2.27. The number of hydrogen-bond acceptors (Lipinski definition) is 3. The second-order valence-electron chi connectivity index (χ2n) is 3.63. The number of benzene rings is 1. The van der Waals surface area contributed by atoms with Crippen LogP contribution in [0.15, 0.2) is 18.2 Å². The fraction of sp³-hybridized carbons (Fsp3) is 0.455. The summed E-state index contributed by atoms with van der Waals surface area (Å²) >= 11 is 5.92. The summed E-state index contributed by atoms with van der Waals surface area (Å²) in [6.45, 7) is 2.54. The van der Waals surface area contributed by atoms with E-state index >= 15 is 0 Å². The second-order valence-corrected chi connectivity index (χ2v) is 4.06. The Balaban J connectivity index is 3.05. The molecule has 15 heavy (non-hydrogen) atoms. The van der Waals surface area contributed by atoms with Gasteiger partial charge in [-0.2, -0.15) is 0 Å². The first-order valence-electron chi connectivity index (χ1n) is 4.89. The fourth-order valence-corrected chi connectivity index (χ4v) is 1.60. The number of nitrogens with two attached hydrogens (primary N) is 2. The van der Waals surface area contributed by atoms with Gasteiger partial charge in [0.05, 0.1) is 7.11 Å². The van der Waals surface area contributed by atoms with Crippen LogP contribution in [0.3, 0.4) is 0 Å². The predicted molar refractivity (Wildman–Crippen MR) is 63.2 cm³/mol. The van der Waals surface area contributed by atoms with Gasteiger partial charge in [-0.05, 0) is 30.7 Å². The van der Waals surface area contributed by atoms with Crippen molar-refractivity contribution in [1.82, 2.24) is 0 Å². The molecule has 4 N–H and O–H groups in total. The molecule has 0 aromatic heterocycles. The van der Waals surface area contributed by atoms with E-state index in [1.54, 1.807) is 13.2 Å². The van der Waals surface area contributed by atoms with Crippen LogP contribution in [-0.4, -0.2) is 13.7 Å². The molecule has 84 valence electrons. The number of hydrogen-bond donors (Lipinski definition) is 2. The van der Waals surface area contributed by atoms with Crippen molar-refractivity contribution in [1.29, 1.82) is 0 Å². The predicted octanol–water partition coefficient (Wildman–Crippen LogP) is 1.94. The third kappa shape index (κ3) is 2.84. The van der Waals surface area contributed by atoms with E-state index in [1.807, 2.05) is 19.1 Å². The van der Waals surface area contributed by atoms with E-state index in [2.05, 4.69) is 0 Å². The quantitative estimate of drug-likeness (QED) is 0.828. The Kier molecular flexibility index (Phi) is 4.39. The SMILES string of the molecule is COc1ccc(Cl)cc1C(N)C(C)CN. The van der Waals surface area contributed by atoms with Crippen molar-refractivity contribution in [2.45, 2.75) is 13.0 Å². The summed E-state index contributed by atoms with van der Waals surface area (Å²) in [5.41, 5.74) is 12.6. The van der Waals surface area contributed by atoms with Crippen molar-refractivity contribution < 1.29 is 4.74 Å². The Bertz CT molecular complexity index is 330. The van der Waals surface area contributed by atoms with E-state index in [0.717, 1.165) is 11.3 Å². The average molecular weight is 229 g/mol. The smallest absolute Gasteiger partial charge is 0.123 e. The molecule has 0 amide bonds. The Morgan fingerprint density at radius 1 is 1.47 bits per heavy atom. The topological polar surface area (TPSA) is 61.3 Å². The second kappa shape index (κ2) is 5.35. The maximum absolute atomic E-state index is 6.08. The summed E-state index contributed by atoms with van der Waals surface area (Å²) in [7, 11) is 1.62. The van der Waals surface area contributed by atoms with Gasteiger partial charge in [0.15, 0.2) is 0 Å². The monoisotopic (exact) mass is 228 g/mol. The summed E-state index contributed by atoms with van der Waals surface area (Å²) in [4.78, 5) is 0. The van der Waals surface area contributed by atoms with Gasteiger partial charge in [-0.25, -0.2) is 0 Å². The minimum atomic E-state index is -0.149. The van der Waals surface area contributed by atoms with Crippen LogP contribution in [0, 0.1) is 5.92 Å². The van der Waals surface area contributed by atoms with E-state index < -0.39 is 0 Å². The van der Waals surface area contributed by atoms with Gasteiger partial charge in [-0.15, -0.1) is 0 Å². The molecule has 2 atom stereocenters. The zero-order valence-corrected chi connectivity index (χ0v) is 9.79. The molecule has 0 saturated heterocycles. The first kappa shape index (κ1) is 12.3. The van der Waals surface area contributed by atoms with Gasteiger partial charge in [0.2, 0.25) is 0 Å². The molecule has 1 aromatic rings. The molecule has 0 saturated carbocycles. The van der Waals surface area contributed by atoms with E-state index in [0.29, 0.717) is 11.6 Å². The molecule has 0 heterocycles. The van der Waals surface area contributed by atoms with Crippen LogP contribution in [-0.2, 0) is 0 Å². The summed E-state index contributed by atoms with van der Waals surface area (Å²) < 4.78 is 5.24. The lowest BCUT2D eigenvalue weighted by Gasteiger charge is -2.21. The number of rotatable bonds is 4. The molecule has 1 rings (SSSR count). The largest absolute Gasteiger partial charge is 0.496 e. The van der Waals surface area contributed by atoms with Gasteiger partial charge in [0, 0.05) is 16.6 Å². The Morgan fingerprint density at radius 2 is 2.13 bits per heavy atom. The van der Waals surface area contributed by atoms with Crippen LogP contribution in [0.25, 0.3) is 0 Å². The lowest BCUT2D eigenvalue weighted by atomic mass is 9.95. The van der Waals surface area contributed by atoms with Crippen molar-refractivity contribution in [3.05, 3.63) is 28.8 Å². The van der Waals surface area contributed by atoms with Crippen LogP contribution in [0.4, 0.5) is 0 Å². The summed E-state index contributed by atoms with van der Waals surface area (Å²) in [6.07, 6.45) is 0. The highest BCUT2D eigenvalue weighted by atomic mass is 35.5. The fourth-order valence-electron chi connectivity index (χ4n) is 1.42. The van der Waals surface area contributed by atoms with Gasteiger partial charge in [0.1, 0.15) is 5.75 Å². The normalized spacial score (nSPS) is 14.7. The molecule has 0 fully saturated rings. The van der Waals surface area contributed by atoms with Crippen molar-refractivity contribution in [3.8, 4) is 5.75 Å². The molecule has 1 aromatic carbocycles. The maximum atomic E-state index is 6.08. The van der Waals surface area contributed by atoms with Crippen LogP contribution in [0.5, 0.6) is 5.75 Å². The molecular weight excluding hydrogens is 212 g/mol. The molecule has 0 aliphatic carbocycles. The van der Waals surface area contributed by atoms with Gasteiger partial charge in [-0.1, -0.05) is 18.5 Å². The zero-order chi connectivity index (χ0) is 11.4. The van der Waals surface area contributed by atoms with Gasteiger partial charge < -0.3 is 16.2 Å². The lowest BCUT2D eigenvalue weighted by Crippen LogP contribution is -2.25. The molecule has 0 spiro atoms. The highest BCUT2D eigenvalue weighted by Crippen LogP contribution is 2.30. The standard InChI is InChI=1S/C11H17ClN2O/c1-7(6-13)11(14)9-5-8(12)3-4-10(9)15-2/h3-5,7,11H,6,13-14H2,1-2H3. The number of methoxy groups -OCH3 is 1. The van der Waals surface area contributed by atoms with E-state index in [4.69, 9.17) is 27.8 Å². The number of ether oxygens (including phenoxy) is 1. The maximum Gasteiger partial charge on any atom is 0.123 e. The highest BCUT2D eigenvalue weighted by Gasteiger charge is 2.17. The Labute approximate surface area is 95.4 Å². The highest BCUT2D eigenvalue weighted by molar-refractivity contribution is 6.30. The first-order valence-corrected chi connectivity index (χ1v) is 5.27. The molecule has 0 bridgehead atoms. The zero-order valence-electron chi connectivity index (χ0n) is 9.03. The van der Waals surface area contributed by atoms with Crippen molar-refractivity contribution >= 4 is 11.6 Å². The van der Waals surface area contributed by atoms with Gasteiger partial charge in [-0.3, -0.25) is 0 Å². The molecule has 2 unspecified atom stereocenters. The molecule has 4 heteroatoms. The van der Waals surface area contributed by atoms with E-state index in [-0.39, 0.29) is 12.0 Å².